The third-order valence-electron chi connectivity index (χ3n) is 4.75. The summed E-state index contributed by atoms with van der Waals surface area (Å²) in [4.78, 5) is 0. The first-order valence-corrected chi connectivity index (χ1v) is 11.1. The Kier molecular flexibility index (Phi) is 4.82. The Morgan fingerprint density at radius 2 is 1.08 bits per heavy atom. The average Bonchev–Trinajstić information content (AvgIpc) is 2.64. The van der Waals surface area contributed by atoms with Crippen molar-refractivity contribution in [2.75, 3.05) is 13.7 Å². The Morgan fingerprint density at radius 1 is 0.667 bits per heavy atom. The van der Waals surface area contributed by atoms with Crippen molar-refractivity contribution >= 4 is 17.4 Å². The zero-order chi connectivity index (χ0) is 16.9. The number of rotatable bonds is 6. The van der Waals surface area contributed by atoms with Gasteiger partial charge in [-0.3, -0.25) is 0 Å². The summed E-state index contributed by atoms with van der Waals surface area (Å²) < 4.78 is 0. The molecule has 0 saturated carbocycles. The number of nitrogens with one attached hydrogen (secondary N) is 2. The molecule has 2 nitrogen and oxygen atoms in total. The van der Waals surface area contributed by atoms with Crippen molar-refractivity contribution in [1.82, 2.24) is 10.6 Å². The van der Waals surface area contributed by atoms with Gasteiger partial charge in [0.1, 0.15) is 0 Å². The van der Waals surface area contributed by atoms with Gasteiger partial charge in [0.05, 0.1) is 0 Å². The van der Waals surface area contributed by atoms with Crippen LogP contribution in [0.1, 0.15) is 5.56 Å². The molecule has 2 N–H and O–H groups in total. The van der Waals surface area contributed by atoms with Crippen LogP contribution in [0.5, 0.6) is 0 Å². The van der Waals surface area contributed by atoms with E-state index >= 15 is 0 Å². The normalized spacial score (nSPS) is 13.2. The summed E-state index contributed by atoms with van der Waals surface area (Å²) in [7, 11) is 1.96. The Balaban J connectivity index is 2.25. The second kappa shape index (κ2) is 6.86. The molecule has 0 amide bonds. The fourth-order valence-corrected chi connectivity index (χ4v) is 8.19. The molecule has 3 aromatic rings. The van der Waals surface area contributed by atoms with Crippen LogP contribution in [0.2, 0.25) is 0 Å². The minimum absolute atomic E-state index is 0.960. The summed E-state index contributed by atoms with van der Waals surface area (Å²) in [5, 5.41) is 6.44. The SMILES string of the molecule is CNNP(C)(Cc1ccccc1)(c1ccccc1)c1ccccc1. The topological polar surface area (TPSA) is 24.1 Å². The van der Waals surface area contributed by atoms with Crippen molar-refractivity contribution in [2.24, 2.45) is 0 Å². The zero-order valence-electron chi connectivity index (χ0n) is 14.3. The van der Waals surface area contributed by atoms with Crippen LogP contribution in [0.15, 0.2) is 91.0 Å². The predicted molar refractivity (Wildman–Crippen MR) is 107 cm³/mol. The van der Waals surface area contributed by atoms with Crippen LogP contribution >= 0.6 is 6.75 Å². The van der Waals surface area contributed by atoms with Gasteiger partial charge in [-0.15, -0.1) is 0 Å². The van der Waals surface area contributed by atoms with Crippen LogP contribution in [0, 0.1) is 0 Å². The number of hydrogen-bond acceptors (Lipinski definition) is 2. The fourth-order valence-electron chi connectivity index (χ4n) is 3.51. The Labute approximate surface area is 144 Å². The predicted octanol–water partition coefficient (Wildman–Crippen LogP) is 3.66. The maximum atomic E-state index is 3.73. The molecular formula is C21H25N2P. The van der Waals surface area contributed by atoms with Gasteiger partial charge in [-0.05, 0) is 0 Å². The summed E-state index contributed by atoms with van der Waals surface area (Å²) in [5.74, 6) is 0. The second-order valence-electron chi connectivity index (χ2n) is 6.47. The average molecular weight is 336 g/mol. The van der Waals surface area contributed by atoms with Crippen LogP contribution in [0.25, 0.3) is 0 Å². The summed E-state index contributed by atoms with van der Waals surface area (Å²) in [6, 6.07) is 32.4. The standard InChI is InChI=1S/C21H25N2P/c1-22-23-24(2,20-14-8-4-9-15-20,21-16-10-5-11-17-21)18-19-12-6-3-7-13-19/h3-17,22-23H,18H2,1-2H3. The molecule has 0 heterocycles. The molecule has 0 bridgehead atoms. The molecule has 3 heteroatoms. The molecular weight excluding hydrogens is 311 g/mol. The van der Waals surface area contributed by atoms with Crippen molar-refractivity contribution in [3.8, 4) is 0 Å². The summed E-state index contributed by atoms with van der Waals surface area (Å²) >= 11 is 0. The number of hydrazine groups is 1. The summed E-state index contributed by atoms with van der Waals surface area (Å²) in [6.07, 6.45) is 0.960. The molecule has 3 aromatic carbocycles. The quantitative estimate of drug-likeness (QED) is 0.530. The first-order valence-electron chi connectivity index (χ1n) is 8.27. The van der Waals surface area contributed by atoms with Gasteiger partial charge in [0.25, 0.3) is 0 Å². The van der Waals surface area contributed by atoms with Crippen LogP contribution in [-0.4, -0.2) is 13.7 Å². The van der Waals surface area contributed by atoms with Crippen LogP contribution in [0.3, 0.4) is 0 Å². The molecule has 24 heavy (non-hydrogen) atoms. The summed E-state index contributed by atoms with van der Waals surface area (Å²) in [6.45, 7) is -0.251. The van der Waals surface area contributed by atoms with Crippen molar-refractivity contribution in [2.45, 2.75) is 6.16 Å². The second-order valence-corrected chi connectivity index (χ2v) is 11.6. The number of benzene rings is 3. The van der Waals surface area contributed by atoms with E-state index in [0.29, 0.717) is 0 Å². The fraction of sp³-hybridized carbons (Fsp3) is 0.143. The molecule has 0 spiro atoms. The molecule has 0 unspecified atom stereocenters. The van der Waals surface area contributed by atoms with Gasteiger partial charge in [0, 0.05) is 0 Å². The van der Waals surface area contributed by atoms with Crippen LogP contribution in [0.4, 0.5) is 0 Å². The van der Waals surface area contributed by atoms with Gasteiger partial charge >= 0.3 is 144 Å². The van der Waals surface area contributed by atoms with E-state index in [4.69, 9.17) is 0 Å². The molecule has 0 atom stereocenters. The molecule has 3 rings (SSSR count). The molecule has 0 saturated heterocycles. The Hall–Kier alpha value is -1.99. The van der Waals surface area contributed by atoms with Crippen molar-refractivity contribution < 1.29 is 0 Å². The number of hydrogen-bond donors (Lipinski definition) is 2. The van der Waals surface area contributed by atoms with Crippen LogP contribution < -0.4 is 21.2 Å². The van der Waals surface area contributed by atoms with E-state index in [1.807, 2.05) is 7.05 Å². The first kappa shape index (κ1) is 16.9. The maximum absolute atomic E-state index is 3.73. The van der Waals surface area contributed by atoms with Gasteiger partial charge < -0.3 is 0 Å². The van der Waals surface area contributed by atoms with E-state index in [2.05, 4.69) is 108 Å². The first-order chi connectivity index (χ1) is 11.7. The van der Waals surface area contributed by atoms with E-state index in [0.717, 1.165) is 6.16 Å². The minimum atomic E-state index is -2.65. The molecule has 0 aliphatic rings. The Morgan fingerprint density at radius 3 is 1.50 bits per heavy atom. The van der Waals surface area contributed by atoms with Crippen LogP contribution in [-0.2, 0) is 6.16 Å². The Bertz CT molecular complexity index is 733. The van der Waals surface area contributed by atoms with Gasteiger partial charge in [-0.25, -0.2) is 0 Å². The molecule has 124 valence electrons. The molecule has 0 aliphatic heterocycles. The van der Waals surface area contributed by atoms with Gasteiger partial charge in [0.2, 0.25) is 0 Å². The van der Waals surface area contributed by atoms with Gasteiger partial charge in [0.15, 0.2) is 0 Å². The van der Waals surface area contributed by atoms with Crippen molar-refractivity contribution in [1.29, 1.82) is 0 Å². The van der Waals surface area contributed by atoms with Gasteiger partial charge in [-0.1, -0.05) is 0 Å². The van der Waals surface area contributed by atoms with E-state index in [9.17, 15) is 0 Å². The van der Waals surface area contributed by atoms with Crippen molar-refractivity contribution in [3.63, 3.8) is 0 Å². The molecule has 0 fully saturated rings. The third kappa shape index (κ3) is 3.01. The van der Waals surface area contributed by atoms with Gasteiger partial charge in [-0.2, -0.15) is 0 Å². The third-order valence-corrected chi connectivity index (χ3v) is 10.1. The van der Waals surface area contributed by atoms with E-state index in [1.54, 1.807) is 0 Å². The van der Waals surface area contributed by atoms with Crippen molar-refractivity contribution in [3.05, 3.63) is 96.6 Å². The molecule has 0 aliphatic carbocycles. The zero-order valence-corrected chi connectivity index (χ0v) is 15.2. The summed E-state index contributed by atoms with van der Waals surface area (Å²) in [5.41, 5.74) is 4.62. The molecule has 0 radical (unpaired) electrons. The van der Waals surface area contributed by atoms with E-state index < -0.39 is 6.75 Å². The van der Waals surface area contributed by atoms with E-state index in [1.165, 1.54) is 16.2 Å². The molecule has 0 aromatic heterocycles. The monoisotopic (exact) mass is 336 g/mol. The van der Waals surface area contributed by atoms with E-state index in [-0.39, 0.29) is 0 Å².